The second kappa shape index (κ2) is 9.10. The summed E-state index contributed by atoms with van der Waals surface area (Å²) in [5.41, 5.74) is 1.36. The molecule has 6 rings (SSSR count). The van der Waals surface area contributed by atoms with Crippen LogP contribution < -0.4 is 9.47 Å². The fourth-order valence-corrected chi connectivity index (χ4v) is 7.49. The standard InChI is InChI=1S/C29H37NO6/c1-28-9-5-10-29(18-35-29)26(28)13-21-22(27(31)36-25(21)14-28)17-30(16-20-6-4-11-34-20)15-19-7-8-23(32-2)24(12-19)33-3/h4,6-8,11-12,21-22,25-26H,5,9-10,13-18H2,1-3H3/t21-,22+,25+,26+,28+,29-/m0/s1. The van der Waals surface area contributed by atoms with Crippen LogP contribution in [0, 0.1) is 23.2 Å². The fraction of sp³-hybridized carbons (Fsp3) is 0.621. The van der Waals surface area contributed by atoms with Gasteiger partial charge in [0.05, 0.1) is 45.2 Å². The molecule has 7 nitrogen and oxygen atoms in total. The molecule has 2 aliphatic carbocycles. The van der Waals surface area contributed by atoms with Gasteiger partial charge in [-0.3, -0.25) is 9.69 Å². The Balaban J connectivity index is 1.23. The maximum absolute atomic E-state index is 13.3. The number of fused-ring (bicyclic) bond motifs is 3. The molecule has 4 aliphatic rings. The molecule has 1 aromatic carbocycles. The van der Waals surface area contributed by atoms with Crippen molar-refractivity contribution in [3.63, 3.8) is 0 Å². The number of carbonyl (C=O) groups is 1. The van der Waals surface area contributed by atoms with Gasteiger partial charge in [0.2, 0.25) is 0 Å². The smallest absolute Gasteiger partial charge is 0.310 e. The van der Waals surface area contributed by atoms with Crippen LogP contribution in [0.4, 0.5) is 0 Å². The molecule has 0 bridgehead atoms. The topological polar surface area (TPSA) is 73.7 Å². The van der Waals surface area contributed by atoms with Crippen LogP contribution >= 0.6 is 0 Å². The minimum absolute atomic E-state index is 0.0178. The van der Waals surface area contributed by atoms with E-state index in [1.807, 2.05) is 24.3 Å². The van der Waals surface area contributed by atoms with Crippen LogP contribution in [-0.4, -0.2) is 49.9 Å². The zero-order valence-corrected chi connectivity index (χ0v) is 21.5. The molecule has 36 heavy (non-hydrogen) atoms. The van der Waals surface area contributed by atoms with Crippen molar-refractivity contribution in [2.75, 3.05) is 27.4 Å². The van der Waals surface area contributed by atoms with Gasteiger partial charge in [0, 0.05) is 19.0 Å². The number of epoxide rings is 1. The van der Waals surface area contributed by atoms with E-state index < -0.39 is 0 Å². The zero-order valence-electron chi connectivity index (χ0n) is 21.5. The number of nitrogens with zero attached hydrogens (tertiary/aromatic N) is 1. The molecule has 1 aromatic heterocycles. The van der Waals surface area contributed by atoms with Crippen molar-refractivity contribution in [1.82, 2.24) is 4.90 Å². The number of hydrogen-bond acceptors (Lipinski definition) is 7. The Morgan fingerprint density at radius 3 is 2.67 bits per heavy atom. The first-order valence-electron chi connectivity index (χ1n) is 13.2. The molecular formula is C29H37NO6. The number of hydrogen-bond donors (Lipinski definition) is 0. The lowest BCUT2D eigenvalue weighted by molar-refractivity contribution is -0.147. The first kappa shape index (κ1) is 23.9. The van der Waals surface area contributed by atoms with E-state index in [-0.39, 0.29) is 34.9 Å². The van der Waals surface area contributed by atoms with E-state index >= 15 is 0 Å². The Morgan fingerprint density at radius 2 is 1.94 bits per heavy atom. The van der Waals surface area contributed by atoms with Gasteiger partial charge in [0.1, 0.15) is 11.9 Å². The Morgan fingerprint density at radius 1 is 1.11 bits per heavy atom. The van der Waals surface area contributed by atoms with Crippen molar-refractivity contribution in [3.05, 3.63) is 47.9 Å². The first-order chi connectivity index (χ1) is 17.4. The number of ether oxygens (including phenoxy) is 4. The van der Waals surface area contributed by atoms with E-state index in [1.54, 1.807) is 20.5 Å². The number of benzene rings is 1. The molecule has 2 aliphatic heterocycles. The van der Waals surface area contributed by atoms with Crippen LogP contribution in [0.15, 0.2) is 41.0 Å². The maximum atomic E-state index is 13.3. The van der Waals surface area contributed by atoms with E-state index in [9.17, 15) is 4.79 Å². The van der Waals surface area contributed by atoms with Gasteiger partial charge >= 0.3 is 5.97 Å². The van der Waals surface area contributed by atoms with E-state index in [2.05, 4.69) is 17.9 Å². The van der Waals surface area contributed by atoms with Gasteiger partial charge in [-0.05, 0) is 73.3 Å². The molecule has 0 N–H and O–H groups in total. The summed E-state index contributed by atoms with van der Waals surface area (Å²) in [7, 11) is 3.29. The van der Waals surface area contributed by atoms with E-state index in [0.29, 0.717) is 37.1 Å². The summed E-state index contributed by atoms with van der Waals surface area (Å²) < 4.78 is 28.8. The van der Waals surface area contributed by atoms with Gasteiger partial charge in [-0.15, -0.1) is 0 Å². The number of furan rings is 1. The fourth-order valence-electron chi connectivity index (χ4n) is 7.49. The summed E-state index contributed by atoms with van der Waals surface area (Å²) in [6.45, 7) is 5.20. The summed E-state index contributed by atoms with van der Waals surface area (Å²) in [4.78, 5) is 15.6. The highest BCUT2D eigenvalue weighted by atomic mass is 16.6. The lowest BCUT2D eigenvalue weighted by Gasteiger charge is -2.51. The quantitative estimate of drug-likeness (QED) is 0.384. The van der Waals surface area contributed by atoms with Gasteiger partial charge in [-0.2, -0.15) is 0 Å². The Labute approximate surface area is 213 Å². The van der Waals surface area contributed by atoms with Gasteiger partial charge in [0.25, 0.3) is 0 Å². The van der Waals surface area contributed by atoms with Crippen molar-refractivity contribution in [2.24, 2.45) is 23.2 Å². The van der Waals surface area contributed by atoms with Crippen molar-refractivity contribution >= 4 is 5.97 Å². The second-order valence-electron chi connectivity index (χ2n) is 11.5. The van der Waals surface area contributed by atoms with Gasteiger partial charge in [-0.1, -0.05) is 13.0 Å². The monoisotopic (exact) mass is 495 g/mol. The van der Waals surface area contributed by atoms with Crippen molar-refractivity contribution < 1.29 is 28.2 Å². The Bertz CT molecular complexity index is 1100. The molecule has 7 heteroatoms. The predicted molar refractivity (Wildman–Crippen MR) is 133 cm³/mol. The van der Waals surface area contributed by atoms with Crippen LogP contribution in [0.2, 0.25) is 0 Å². The molecule has 2 saturated heterocycles. The van der Waals surface area contributed by atoms with Crippen LogP contribution in [0.1, 0.15) is 50.4 Å². The molecule has 2 aromatic rings. The summed E-state index contributed by atoms with van der Waals surface area (Å²) in [6, 6.07) is 9.88. The summed E-state index contributed by atoms with van der Waals surface area (Å²) in [5.74, 6) is 2.84. The normalized spacial score (nSPS) is 34.8. The van der Waals surface area contributed by atoms with E-state index in [1.165, 1.54) is 12.8 Å². The van der Waals surface area contributed by atoms with Gasteiger partial charge in [-0.25, -0.2) is 0 Å². The highest BCUT2D eigenvalue weighted by Crippen LogP contribution is 2.62. The first-order valence-corrected chi connectivity index (χ1v) is 13.2. The lowest BCUT2D eigenvalue weighted by Crippen LogP contribution is -2.51. The van der Waals surface area contributed by atoms with E-state index in [4.69, 9.17) is 23.4 Å². The molecule has 0 radical (unpaired) electrons. The third-order valence-electron chi connectivity index (χ3n) is 9.35. The number of esters is 1. The van der Waals surface area contributed by atoms with Gasteiger partial charge < -0.3 is 23.4 Å². The minimum atomic E-state index is -0.146. The highest BCUT2D eigenvalue weighted by molar-refractivity contribution is 5.75. The second-order valence-corrected chi connectivity index (χ2v) is 11.5. The third kappa shape index (κ3) is 4.20. The SMILES string of the molecule is COc1ccc(CN(Cc2ccco2)C[C@H]2C(=O)O[C@@H]3C[C@@]4(C)CCC[C@]5(CO5)[C@@H]4C[C@H]32)cc1OC. The molecule has 2 saturated carbocycles. The maximum Gasteiger partial charge on any atom is 0.310 e. The zero-order chi connectivity index (χ0) is 24.9. The highest BCUT2D eigenvalue weighted by Gasteiger charge is 2.65. The minimum Gasteiger partial charge on any atom is -0.493 e. The average Bonchev–Trinajstić information content (AvgIpc) is 3.31. The molecule has 1 spiro atoms. The largest absolute Gasteiger partial charge is 0.493 e. The Hall–Kier alpha value is -2.51. The van der Waals surface area contributed by atoms with Crippen molar-refractivity contribution in [3.8, 4) is 11.5 Å². The number of carbonyl (C=O) groups excluding carboxylic acids is 1. The summed E-state index contributed by atoms with van der Waals surface area (Å²) in [6.07, 6.45) is 7.27. The molecule has 0 unspecified atom stereocenters. The number of methoxy groups -OCH3 is 2. The average molecular weight is 496 g/mol. The van der Waals surface area contributed by atoms with Crippen LogP contribution in [0.5, 0.6) is 11.5 Å². The molecular weight excluding hydrogens is 458 g/mol. The molecule has 6 atom stereocenters. The van der Waals surface area contributed by atoms with Crippen molar-refractivity contribution in [2.45, 2.75) is 63.8 Å². The molecule has 3 heterocycles. The summed E-state index contributed by atoms with van der Waals surface area (Å²) >= 11 is 0. The van der Waals surface area contributed by atoms with Crippen LogP contribution in [-0.2, 0) is 27.4 Å². The predicted octanol–water partition coefficient (Wildman–Crippen LogP) is 4.83. The van der Waals surface area contributed by atoms with Crippen LogP contribution in [0.3, 0.4) is 0 Å². The van der Waals surface area contributed by atoms with Gasteiger partial charge in [0.15, 0.2) is 11.5 Å². The van der Waals surface area contributed by atoms with Crippen LogP contribution in [0.25, 0.3) is 0 Å². The molecule has 194 valence electrons. The molecule has 0 amide bonds. The van der Waals surface area contributed by atoms with E-state index in [0.717, 1.165) is 37.2 Å². The number of rotatable bonds is 8. The lowest BCUT2D eigenvalue weighted by atomic mass is 9.53. The van der Waals surface area contributed by atoms with Crippen molar-refractivity contribution in [1.29, 1.82) is 0 Å². The Kier molecular flexibility index (Phi) is 6.03. The summed E-state index contributed by atoms with van der Waals surface area (Å²) in [5, 5.41) is 0. The third-order valence-corrected chi connectivity index (χ3v) is 9.35. The molecule has 4 fully saturated rings.